The van der Waals surface area contributed by atoms with Gasteiger partial charge >= 0.3 is 11.9 Å². The Kier molecular flexibility index (Phi) is 5.38. The number of esters is 2. The van der Waals surface area contributed by atoms with Crippen LogP contribution in [0.15, 0.2) is 11.6 Å². The van der Waals surface area contributed by atoms with E-state index in [9.17, 15) is 24.6 Å². The lowest BCUT2D eigenvalue weighted by molar-refractivity contribution is -0.240. The lowest BCUT2D eigenvalue weighted by Gasteiger charge is -2.63. The van der Waals surface area contributed by atoms with Crippen molar-refractivity contribution in [2.75, 3.05) is 6.61 Å². The highest BCUT2D eigenvalue weighted by Gasteiger charge is 2.70. The molecule has 0 unspecified atom stereocenters. The topological polar surface area (TPSA) is 129 Å². The van der Waals surface area contributed by atoms with Gasteiger partial charge in [0, 0.05) is 23.3 Å². The summed E-state index contributed by atoms with van der Waals surface area (Å²) in [5.41, 5.74) is -2.93. The van der Waals surface area contributed by atoms with Crippen LogP contribution < -0.4 is 0 Å². The molecule has 0 aromatic rings. The molecule has 3 heterocycles. The van der Waals surface area contributed by atoms with Gasteiger partial charge in [-0.3, -0.25) is 0 Å². The SMILES string of the molecule is C[C@@H]1C[C@]2(O)C(=O)O[C@@H]3C[C@@]4(C=O)[C@@H](CC[C@@H]5[C@@H]4CC[C@]4(C)[C@@H](C6=CC(=O)OC6)CC[C@]54O)C[C@H]3O[C@@H]2O1. The molecule has 4 saturated carbocycles. The maximum atomic E-state index is 13.1. The molecule has 7 aliphatic rings. The quantitative estimate of drug-likeness (QED) is 0.408. The van der Waals surface area contributed by atoms with Crippen molar-refractivity contribution in [3.63, 3.8) is 0 Å². The molecule has 0 bridgehead atoms. The van der Waals surface area contributed by atoms with Gasteiger partial charge in [-0.1, -0.05) is 6.92 Å². The largest absolute Gasteiger partial charge is 0.458 e. The second kappa shape index (κ2) is 8.12. The molecule has 0 aromatic carbocycles. The molecule has 4 aliphatic carbocycles. The molecule has 0 spiro atoms. The van der Waals surface area contributed by atoms with Crippen LogP contribution in [0, 0.1) is 34.5 Å². The predicted molar refractivity (Wildman–Crippen MR) is 130 cm³/mol. The lowest BCUT2D eigenvalue weighted by atomic mass is 9.42. The van der Waals surface area contributed by atoms with E-state index in [1.807, 2.05) is 0 Å². The third kappa shape index (κ3) is 3.10. The van der Waals surface area contributed by atoms with E-state index < -0.39 is 46.5 Å². The van der Waals surface area contributed by atoms with Gasteiger partial charge in [0.15, 0.2) is 6.29 Å². The Labute approximate surface area is 222 Å². The molecule has 12 atom stereocenters. The number of hydrogen-bond donors (Lipinski definition) is 2. The number of carbonyl (C=O) groups is 3. The lowest BCUT2D eigenvalue weighted by Crippen LogP contribution is -2.64. The predicted octanol–water partition coefficient (Wildman–Crippen LogP) is 2.21. The summed E-state index contributed by atoms with van der Waals surface area (Å²) in [4.78, 5) is 38.0. The zero-order chi connectivity index (χ0) is 26.7. The van der Waals surface area contributed by atoms with Crippen molar-refractivity contribution in [2.24, 2.45) is 34.5 Å². The molecule has 0 aromatic heterocycles. The number of aliphatic hydroxyl groups is 2. The summed E-state index contributed by atoms with van der Waals surface area (Å²) in [6.45, 7) is 4.25. The van der Waals surface area contributed by atoms with Gasteiger partial charge in [-0.15, -0.1) is 0 Å². The Bertz CT molecular complexity index is 1100. The molecule has 38 heavy (non-hydrogen) atoms. The molecule has 2 saturated heterocycles. The number of carbonyl (C=O) groups excluding carboxylic acids is 3. The van der Waals surface area contributed by atoms with Gasteiger partial charge in [0.1, 0.15) is 19.0 Å². The molecule has 9 heteroatoms. The zero-order valence-electron chi connectivity index (χ0n) is 22.1. The third-order valence-electron chi connectivity index (χ3n) is 12.0. The van der Waals surface area contributed by atoms with Crippen molar-refractivity contribution >= 4 is 18.2 Å². The molecule has 9 nitrogen and oxygen atoms in total. The molecular weight excluding hydrogens is 492 g/mol. The first-order valence-electron chi connectivity index (χ1n) is 14.3. The van der Waals surface area contributed by atoms with E-state index >= 15 is 0 Å². The minimum absolute atomic E-state index is 0.0345. The van der Waals surface area contributed by atoms with Gasteiger partial charge in [0.25, 0.3) is 0 Å². The first-order valence-corrected chi connectivity index (χ1v) is 14.3. The van der Waals surface area contributed by atoms with E-state index in [0.29, 0.717) is 25.9 Å². The highest BCUT2D eigenvalue weighted by Crippen LogP contribution is 2.70. The van der Waals surface area contributed by atoms with Gasteiger partial charge in [-0.05, 0) is 87.5 Å². The van der Waals surface area contributed by atoms with Crippen molar-refractivity contribution in [3.05, 3.63) is 11.6 Å². The fraction of sp³-hybridized carbons (Fsp3) is 0.828. The van der Waals surface area contributed by atoms with Crippen LogP contribution in [0.4, 0.5) is 0 Å². The summed E-state index contributed by atoms with van der Waals surface area (Å²) in [6.07, 6.45) is 5.77. The monoisotopic (exact) mass is 530 g/mol. The van der Waals surface area contributed by atoms with Crippen molar-refractivity contribution in [2.45, 2.75) is 107 Å². The summed E-state index contributed by atoms with van der Waals surface area (Å²) in [6, 6.07) is 0. The van der Waals surface area contributed by atoms with Crippen LogP contribution in [0.2, 0.25) is 0 Å². The maximum Gasteiger partial charge on any atom is 0.344 e. The van der Waals surface area contributed by atoms with Crippen molar-refractivity contribution in [1.82, 2.24) is 0 Å². The molecule has 6 fully saturated rings. The molecule has 0 amide bonds. The number of ether oxygens (including phenoxy) is 4. The Balaban J connectivity index is 1.19. The second-order valence-electron chi connectivity index (χ2n) is 13.5. The fourth-order valence-electron chi connectivity index (χ4n) is 10.2. The standard InChI is InChI=1S/C29H38O9/c1-15-11-28(33)24(32)37-22-12-27(14-30)17(10-21(22)38-25(28)36-15)3-4-20-19(27)5-7-26(2)18(6-8-29(20,26)34)16-9-23(31)35-13-16/h9,14-15,17-22,25,33-34H,3-8,10-13H2,1-2H3/t15-,17+,18-,19+,20-,21-,22-,25+,26-,27-,28+,29+/m1/s1. The summed E-state index contributed by atoms with van der Waals surface area (Å²) < 4.78 is 23.1. The Morgan fingerprint density at radius 3 is 2.55 bits per heavy atom. The van der Waals surface area contributed by atoms with E-state index in [0.717, 1.165) is 44.0 Å². The summed E-state index contributed by atoms with van der Waals surface area (Å²) in [5.74, 6) is -1.01. The summed E-state index contributed by atoms with van der Waals surface area (Å²) in [5, 5.41) is 23.5. The van der Waals surface area contributed by atoms with Crippen LogP contribution in [0.25, 0.3) is 0 Å². The molecule has 2 N–H and O–H groups in total. The number of aldehydes is 1. The minimum Gasteiger partial charge on any atom is -0.458 e. The number of fused-ring (bicyclic) bond motifs is 7. The molecule has 7 rings (SSSR count). The second-order valence-corrected chi connectivity index (χ2v) is 13.5. The van der Waals surface area contributed by atoms with E-state index in [1.54, 1.807) is 13.0 Å². The van der Waals surface area contributed by atoms with Gasteiger partial charge in [-0.25, -0.2) is 9.59 Å². The van der Waals surface area contributed by atoms with Crippen molar-refractivity contribution in [1.29, 1.82) is 0 Å². The van der Waals surface area contributed by atoms with Crippen LogP contribution in [0.5, 0.6) is 0 Å². The van der Waals surface area contributed by atoms with E-state index in [4.69, 9.17) is 18.9 Å². The fourth-order valence-corrected chi connectivity index (χ4v) is 10.2. The van der Waals surface area contributed by atoms with E-state index in [-0.39, 0.29) is 42.2 Å². The number of rotatable bonds is 2. The Morgan fingerprint density at radius 2 is 1.82 bits per heavy atom. The van der Waals surface area contributed by atoms with Crippen LogP contribution in [-0.2, 0) is 33.3 Å². The van der Waals surface area contributed by atoms with Crippen LogP contribution in [0.1, 0.15) is 71.6 Å². The molecule has 208 valence electrons. The third-order valence-corrected chi connectivity index (χ3v) is 12.0. The summed E-state index contributed by atoms with van der Waals surface area (Å²) >= 11 is 0. The van der Waals surface area contributed by atoms with E-state index in [1.165, 1.54) is 0 Å². The van der Waals surface area contributed by atoms with Crippen molar-refractivity contribution < 1.29 is 43.5 Å². The van der Waals surface area contributed by atoms with Gasteiger partial charge in [0.05, 0.1) is 17.8 Å². The van der Waals surface area contributed by atoms with Gasteiger partial charge in [-0.2, -0.15) is 0 Å². The van der Waals surface area contributed by atoms with Gasteiger partial charge in [0.2, 0.25) is 5.60 Å². The minimum atomic E-state index is -1.83. The van der Waals surface area contributed by atoms with Gasteiger partial charge < -0.3 is 34.0 Å². The first-order chi connectivity index (χ1) is 18.0. The smallest absolute Gasteiger partial charge is 0.344 e. The number of cyclic esters (lactones) is 1. The van der Waals surface area contributed by atoms with Crippen molar-refractivity contribution in [3.8, 4) is 0 Å². The normalized spacial score (nSPS) is 55.3. The zero-order valence-corrected chi connectivity index (χ0v) is 22.1. The maximum absolute atomic E-state index is 13.1. The van der Waals surface area contributed by atoms with Crippen LogP contribution >= 0.6 is 0 Å². The first kappa shape index (κ1) is 25.2. The van der Waals surface area contributed by atoms with Crippen LogP contribution in [0.3, 0.4) is 0 Å². The Hall–Kier alpha value is -1.81. The molecular formula is C29H38O9. The highest BCUT2D eigenvalue weighted by atomic mass is 16.7. The average molecular weight is 531 g/mol. The Morgan fingerprint density at radius 1 is 1.00 bits per heavy atom. The number of hydrogen-bond acceptors (Lipinski definition) is 9. The van der Waals surface area contributed by atoms with E-state index in [2.05, 4.69) is 6.92 Å². The van der Waals surface area contributed by atoms with Crippen LogP contribution in [-0.4, -0.2) is 70.8 Å². The molecule has 3 aliphatic heterocycles. The average Bonchev–Trinajstić information content (AvgIpc) is 3.50. The molecule has 0 radical (unpaired) electrons. The summed E-state index contributed by atoms with van der Waals surface area (Å²) in [7, 11) is 0. The highest BCUT2D eigenvalue weighted by molar-refractivity contribution is 5.85.